The Morgan fingerprint density at radius 2 is 1.66 bits per heavy atom. The molecule has 158 valence electrons. The predicted octanol–water partition coefficient (Wildman–Crippen LogP) is 4.80. The van der Waals surface area contributed by atoms with Crippen LogP contribution < -0.4 is 4.90 Å². The minimum absolute atomic E-state index is 0.0584. The van der Waals surface area contributed by atoms with Crippen molar-refractivity contribution >= 4 is 17.4 Å². The van der Waals surface area contributed by atoms with Gasteiger partial charge in [0.1, 0.15) is 5.82 Å². The van der Waals surface area contributed by atoms with Crippen molar-refractivity contribution in [1.29, 1.82) is 5.26 Å². The lowest BCUT2D eigenvalue weighted by Crippen LogP contribution is -2.31. The van der Waals surface area contributed by atoms with Gasteiger partial charge in [-0.2, -0.15) is 5.26 Å². The van der Waals surface area contributed by atoms with Gasteiger partial charge in [0.25, 0.3) is 5.91 Å². The summed E-state index contributed by atoms with van der Waals surface area (Å²) in [5, 5.41) is 19.7. The number of benzene rings is 3. The van der Waals surface area contributed by atoms with E-state index in [1.54, 1.807) is 6.07 Å². The molecule has 1 heterocycles. The van der Waals surface area contributed by atoms with Gasteiger partial charge in [-0.25, -0.2) is 4.39 Å². The van der Waals surface area contributed by atoms with Crippen LogP contribution in [0.15, 0.2) is 90.2 Å². The molecule has 0 radical (unpaired) electrons. The number of amides is 1. The molecule has 0 aromatic heterocycles. The molecule has 3 aromatic rings. The first-order valence-corrected chi connectivity index (χ1v) is 10.1. The molecule has 1 amide bonds. The number of rotatable bonds is 6. The summed E-state index contributed by atoms with van der Waals surface area (Å²) < 4.78 is 14.8. The Morgan fingerprint density at radius 1 is 1.00 bits per heavy atom. The minimum Gasteiger partial charge on any atom is -0.503 e. The van der Waals surface area contributed by atoms with Crippen LogP contribution in [0.2, 0.25) is 0 Å². The maximum atomic E-state index is 14.8. The first-order chi connectivity index (χ1) is 15.5. The summed E-state index contributed by atoms with van der Waals surface area (Å²) in [6.45, 7) is 0. The minimum atomic E-state index is -1.11. The van der Waals surface area contributed by atoms with E-state index >= 15 is 0 Å². The molecule has 0 saturated heterocycles. The van der Waals surface area contributed by atoms with Crippen LogP contribution in [-0.2, 0) is 16.0 Å². The average Bonchev–Trinajstić information content (AvgIpc) is 3.09. The molecule has 1 aliphatic heterocycles. The SMILES string of the molecule is N#Cc1ccc(N2C(=O)C(O)=C(C(=O)CCc3ccccc3)C2c2ccccc2F)cc1. The highest BCUT2D eigenvalue weighted by Gasteiger charge is 2.45. The number of aliphatic hydroxyl groups excluding tert-OH is 1. The maximum Gasteiger partial charge on any atom is 0.294 e. The topological polar surface area (TPSA) is 81.4 Å². The fraction of sp³-hybridized carbons (Fsp3) is 0.115. The van der Waals surface area contributed by atoms with Gasteiger partial charge in [-0.1, -0.05) is 48.5 Å². The fourth-order valence-corrected chi connectivity index (χ4v) is 3.88. The first kappa shape index (κ1) is 21.0. The van der Waals surface area contributed by atoms with Gasteiger partial charge >= 0.3 is 0 Å². The highest BCUT2D eigenvalue weighted by molar-refractivity contribution is 6.16. The van der Waals surface area contributed by atoms with E-state index in [1.807, 2.05) is 36.4 Å². The van der Waals surface area contributed by atoms with Crippen molar-refractivity contribution in [2.45, 2.75) is 18.9 Å². The number of aryl methyl sites for hydroxylation is 1. The summed E-state index contributed by atoms with van der Waals surface area (Å²) >= 11 is 0. The standard InChI is InChI=1S/C26H19FN2O3/c27-21-9-5-4-8-20(21)24-23(22(30)15-12-17-6-2-1-3-7-17)25(31)26(32)29(24)19-13-10-18(16-28)11-14-19/h1-11,13-14,24,31H,12,15H2. The zero-order valence-electron chi connectivity index (χ0n) is 17.0. The van der Waals surface area contributed by atoms with E-state index in [-0.39, 0.29) is 17.6 Å². The van der Waals surface area contributed by atoms with Crippen LogP contribution in [0.5, 0.6) is 0 Å². The zero-order valence-corrected chi connectivity index (χ0v) is 17.0. The van der Waals surface area contributed by atoms with E-state index in [4.69, 9.17) is 5.26 Å². The molecule has 0 aliphatic carbocycles. The van der Waals surface area contributed by atoms with Crippen molar-refractivity contribution < 1.29 is 19.1 Å². The lowest BCUT2D eigenvalue weighted by molar-refractivity contribution is -0.118. The Balaban J connectivity index is 1.74. The molecule has 1 N–H and O–H groups in total. The Labute approximate surface area is 184 Å². The molecule has 0 bridgehead atoms. The zero-order chi connectivity index (χ0) is 22.7. The van der Waals surface area contributed by atoms with E-state index < -0.39 is 29.3 Å². The molecule has 0 fully saturated rings. The molecule has 5 nitrogen and oxygen atoms in total. The lowest BCUT2D eigenvalue weighted by Gasteiger charge is -2.27. The van der Waals surface area contributed by atoms with Gasteiger partial charge in [-0.05, 0) is 42.3 Å². The number of carbonyl (C=O) groups is 2. The van der Waals surface area contributed by atoms with Crippen molar-refractivity contribution in [3.63, 3.8) is 0 Å². The number of halogens is 1. The third-order valence-electron chi connectivity index (χ3n) is 5.47. The number of aliphatic hydroxyl groups is 1. The normalized spacial score (nSPS) is 15.7. The monoisotopic (exact) mass is 426 g/mol. The Bertz CT molecular complexity index is 1240. The second-order valence-corrected chi connectivity index (χ2v) is 7.43. The number of Topliss-reactive ketones (excluding diaryl/α,β-unsaturated/α-hetero) is 1. The first-order valence-electron chi connectivity index (χ1n) is 10.1. The summed E-state index contributed by atoms with van der Waals surface area (Å²) in [5.74, 6) is -2.48. The van der Waals surface area contributed by atoms with Crippen LogP contribution in [-0.4, -0.2) is 16.8 Å². The van der Waals surface area contributed by atoms with Crippen molar-refractivity contribution in [1.82, 2.24) is 0 Å². The van der Waals surface area contributed by atoms with E-state index in [9.17, 15) is 19.1 Å². The van der Waals surface area contributed by atoms with Gasteiger partial charge in [0.05, 0.1) is 23.2 Å². The second-order valence-electron chi connectivity index (χ2n) is 7.43. The Hall–Kier alpha value is -4.24. The van der Waals surface area contributed by atoms with Crippen LogP contribution in [0.3, 0.4) is 0 Å². The van der Waals surface area contributed by atoms with Crippen LogP contribution in [0.1, 0.15) is 29.2 Å². The van der Waals surface area contributed by atoms with Crippen molar-refractivity contribution in [2.75, 3.05) is 4.90 Å². The van der Waals surface area contributed by atoms with Gasteiger partial charge < -0.3 is 5.11 Å². The van der Waals surface area contributed by atoms with Crippen LogP contribution in [0.25, 0.3) is 0 Å². The third-order valence-corrected chi connectivity index (χ3v) is 5.47. The smallest absolute Gasteiger partial charge is 0.294 e. The van der Waals surface area contributed by atoms with Gasteiger partial charge in [0.2, 0.25) is 0 Å². The highest BCUT2D eigenvalue weighted by atomic mass is 19.1. The van der Waals surface area contributed by atoms with E-state index in [0.29, 0.717) is 17.7 Å². The number of hydrogen-bond acceptors (Lipinski definition) is 4. The number of nitrogens with zero attached hydrogens (tertiary/aromatic N) is 2. The van der Waals surface area contributed by atoms with E-state index in [2.05, 4.69) is 0 Å². The summed E-state index contributed by atoms with van der Waals surface area (Å²) in [6, 6.07) is 22.3. The molecule has 3 aromatic carbocycles. The fourth-order valence-electron chi connectivity index (χ4n) is 3.88. The Kier molecular flexibility index (Phi) is 5.82. The number of nitriles is 1. The summed E-state index contributed by atoms with van der Waals surface area (Å²) in [7, 11) is 0. The quantitative estimate of drug-likeness (QED) is 0.614. The molecule has 1 aliphatic rings. The predicted molar refractivity (Wildman–Crippen MR) is 117 cm³/mol. The number of hydrogen-bond donors (Lipinski definition) is 1. The maximum absolute atomic E-state index is 14.8. The summed E-state index contributed by atoms with van der Waals surface area (Å²) in [5.41, 5.74) is 1.66. The molecule has 0 saturated carbocycles. The number of anilines is 1. The number of carbonyl (C=O) groups excluding carboxylic acids is 2. The molecule has 32 heavy (non-hydrogen) atoms. The number of ketones is 1. The van der Waals surface area contributed by atoms with E-state index in [1.165, 1.54) is 47.4 Å². The van der Waals surface area contributed by atoms with Crippen molar-refractivity contribution in [2.24, 2.45) is 0 Å². The van der Waals surface area contributed by atoms with Crippen molar-refractivity contribution in [3.05, 3.63) is 113 Å². The third kappa shape index (κ3) is 3.88. The van der Waals surface area contributed by atoms with E-state index in [0.717, 1.165) is 5.56 Å². The van der Waals surface area contributed by atoms with Crippen LogP contribution >= 0.6 is 0 Å². The molecule has 6 heteroatoms. The van der Waals surface area contributed by atoms with Gasteiger partial charge in [-0.3, -0.25) is 14.5 Å². The Morgan fingerprint density at radius 3 is 2.31 bits per heavy atom. The molecule has 1 unspecified atom stereocenters. The summed E-state index contributed by atoms with van der Waals surface area (Å²) in [4.78, 5) is 27.4. The van der Waals surface area contributed by atoms with Crippen molar-refractivity contribution in [3.8, 4) is 6.07 Å². The van der Waals surface area contributed by atoms with Gasteiger partial charge in [0, 0.05) is 17.7 Å². The lowest BCUT2D eigenvalue weighted by atomic mass is 9.92. The van der Waals surface area contributed by atoms with Crippen LogP contribution in [0, 0.1) is 17.1 Å². The molecule has 0 spiro atoms. The largest absolute Gasteiger partial charge is 0.503 e. The van der Waals surface area contributed by atoms with Crippen LogP contribution in [0.4, 0.5) is 10.1 Å². The molecular formula is C26H19FN2O3. The molecular weight excluding hydrogens is 407 g/mol. The average molecular weight is 426 g/mol. The second kappa shape index (κ2) is 8.86. The van der Waals surface area contributed by atoms with Gasteiger partial charge in [-0.15, -0.1) is 0 Å². The molecule has 1 atom stereocenters. The summed E-state index contributed by atoms with van der Waals surface area (Å²) in [6.07, 6.45) is 0.481. The highest BCUT2D eigenvalue weighted by Crippen LogP contribution is 2.42. The molecule has 4 rings (SSSR count). The van der Waals surface area contributed by atoms with Gasteiger partial charge in [0.15, 0.2) is 11.5 Å².